The van der Waals surface area contributed by atoms with Crippen LogP contribution in [0.15, 0.2) is 24.3 Å². The number of carbonyl (C=O) groups is 1. The molecule has 0 spiro atoms. The molecule has 2 heterocycles. The summed E-state index contributed by atoms with van der Waals surface area (Å²) >= 11 is 0. The van der Waals surface area contributed by atoms with Crippen molar-refractivity contribution in [3.63, 3.8) is 0 Å². The summed E-state index contributed by atoms with van der Waals surface area (Å²) in [5, 5.41) is 28.5. The summed E-state index contributed by atoms with van der Waals surface area (Å²) in [6.07, 6.45) is 4.22. The molecule has 1 saturated heterocycles. The highest BCUT2D eigenvalue weighted by molar-refractivity contribution is 5.91. The fraction of sp³-hybridized carbons (Fsp3) is 0.400. The molecule has 3 rings (SSSR count). The van der Waals surface area contributed by atoms with E-state index in [-0.39, 0.29) is 11.4 Å². The molecule has 0 radical (unpaired) electrons. The molecular formula is C15H17N5O4. The molecule has 1 fully saturated rings. The smallest absolute Gasteiger partial charge is 0.360 e. The van der Waals surface area contributed by atoms with Crippen molar-refractivity contribution in [1.29, 1.82) is 0 Å². The Hall–Kier alpha value is -2.97. The quantitative estimate of drug-likeness (QED) is 0.675. The molecule has 2 aromatic rings. The number of carboxylic acid groups (broad SMARTS) is 1. The lowest BCUT2D eigenvalue weighted by atomic mass is 10.2. The average Bonchev–Trinajstić information content (AvgIpc) is 2.84. The lowest BCUT2D eigenvalue weighted by Crippen LogP contribution is -2.26. The van der Waals surface area contributed by atoms with Gasteiger partial charge in [0.15, 0.2) is 5.82 Å². The number of non-ortho nitro benzene ring substituents is 1. The number of carboxylic acids is 1. The summed E-state index contributed by atoms with van der Waals surface area (Å²) in [7, 11) is 0. The summed E-state index contributed by atoms with van der Waals surface area (Å²) in [4.78, 5) is 24.9. The maximum Gasteiger partial charge on any atom is 0.360 e. The summed E-state index contributed by atoms with van der Waals surface area (Å²) < 4.78 is 0. The molecule has 9 heteroatoms. The Bertz CT molecular complexity index is 748. The third-order valence-corrected chi connectivity index (χ3v) is 4.00. The number of rotatable bonds is 4. The molecule has 1 aliphatic rings. The number of nitro groups is 1. The molecule has 126 valence electrons. The van der Waals surface area contributed by atoms with Crippen LogP contribution in [0.5, 0.6) is 0 Å². The van der Waals surface area contributed by atoms with Crippen molar-refractivity contribution in [1.82, 2.24) is 15.0 Å². The second kappa shape index (κ2) is 6.65. The molecule has 24 heavy (non-hydrogen) atoms. The Morgan fingerprint density at radius 2 is 1.71 bits per heavy atom. The third kappa shape index (κ3) is 3.19. The fourth-order valence-electron chi connectivity index (χ4n) is 2.76. The minimum absolute atomic E-state index is 0.0443. The van der Waals surface area contributed by atoms with E-state index in [1.54, 1.807) is 0 Å². The fourth-order valence-corrected chi connectivity index (χ4v) is 2.76. The molecular weight excluding hydrogens is 314 g/mol. The van der Waals surface area contributed by atoms with Crippen molar-refractivity contribution >= 4 is 17.5 Å². The van der Waals surface area contributed by atoms with E-state index >= 15 is 0 Å². The van der Waals surface area contributed by atoms with E-state index in [4.69, 9.17) is 0 Å². The van der Waals surface area contributed by atoms with Crippen molar-refractivity contribution in [2.45, 2.75) is 25.7 Å². The number of hydrogen-bond acceptors (Lipinski definition) is 6. The summed E-state index contributed by atoms with van der Waals surface area (Å²) in [5.74, 6) is -0.787. The standard InChI is InChI=1S/C15H17N5O4/c21-15(22)13-14(18-9-3-1-2-4-10-18)17-19(16-13)11-5-7-12(8-6-11)20(23)24/h5-8H,1-4,9-10H2,(H,21,22). The van der Waals surface area contributed by atoms with Gasteiger partial charge in [-0.2, -0.15) is 0 Å². The Kier molecular flexibility index (Phi) is 4.41. The highest BCUT2D eigenvalue weighted by Crippen LogP contribution is 2.22. The van der Waals surface area contributed by atoms with Gasteiger partial charge in [-0.25, -0.2) is 4.79 Å². The monoisotopic (exact) mass is 331 g/mol. The average molecular weight is 331 g/mol. The highest BCUT2D eigenvalue weighted by atomic mass is 16.6. The van der Waals surface area contributed by atoms with Crippen LogP contribution in [0.25, 0.3) is 5.69 Å². The van der Waals surface area contributed by atoms with Gasteiger partial charge in [-0.15, -0.1) is 15.0 Å². The lowest BCUT2D eigenvalue weighted by molar-refractivity contribution is -0.384. The first-order valence-corrected chi connectivity index (χ1v) is 7.76. The van der Waals surface area contributed by atoms with Gasteiger partial charge >= 0.3 is 5.97 Å². The van der Waals surface area contributed by atoms with Crippen LogP contribution in [-0.4, -0.2) is 44.1 Å². The zero-order valence-corrected chi connectivity index (χ0v) is 13.0. The van der Waals surface area contributed by atoms with E-state index in [9.17, 15) is 20.0 Å². The Balaban J connectivity index is 1.95. The molecule has 9 nitrogen and oxygen atoms in total. The van der Waals surface area contributed by atoms with E-state index in [1.165, 1.54) is 29.1 Å². The number of hydrogen-bond donors (Lipinski definition) is 1. The Morgan fingerprint density at radius 1 is 1.08 bits per heavy atom. The van der Waals surface area contributed by atoms with Crippen LogP contribution in [0.3, 0.4) is 0 Å². The van der Waals surface area contributed by atoms with Crippen LogP contribution in [0.1, 0.15) is 36.2 Å². The summed E-state index contributed by atoms with van der Waals surface area (Å²) in [5.41, 5.74) is 0.330. The summed E-state index contributed by atoms with van der Waals surface area (Å²) in [6.45, 7) is 1.50. The van der Waals surface area contributed by atoms with Gasteiger partial charge in [0.1, 0.15) is 0 Å². The van der Waals surface area contributed by atoms with Crippen LogP contribution >= 0.6 is 0 Å². The third-order valence-electron chi connectivity index (χ3n) is 4.00. The second-order valence-electron chi connectivity index (χ2n) is 5.64. The number of benzene rings is 1. The lowest BCUT2D eigenvalue weighted by Gasteiger charge is -2.19. The van der Waals surface area contributed by atoms with Gasteiger partial charge in [-0.05, 0) is 25.0 Å². The predicted octanol–water partition coefficient (Wildman–Crippen LogP) is 2.25. The van der Waals surface area contributed by atoms with Crippen LogP contribution < -0.4 is 4.90 Å². The first-order chi connectivity index (χ1) is 11.6. The maximum atomic E-state index is 11.5. The largest absolute Gasteiger partial charge is 0.476 e. The first-order valence-electron chi connectivity index (χ1n) is 7.76. The Labute approximate surface area is 137 Å². The minimum Gasteiger partial charge on any atom is -0.476 e. The van der Waals surface area contributed by atoms with Crippen molar-refractivity contribution < 1.29 is 14.8 Å². The number of aromatic nitrogens is 3. The van der Waals surface area contributed by atoms with E-state index < -0.39 is 10.9 Å². The van der Waals surface area contributed by atoms with Crippen LogP contribution in [0, 0.1) is 10.1 Å². The second-order valence-corrected chi connectivity index (χ2v) is 5.64. The normalized spacial score (nSPS) is 15.1. The zero-order valence-electron chi connectivity index (χ0n) is 13.0. The SMILES string of the molecule is O=C(O)c1nn(-c2ccc([N+](=O)[O-])cc2)nc1N1CCCCCC1. The minimum atomic E-state index is -1.14. The zero-order chi connectivity index (χ0) is 17.1. The molecule has 0 atom stereocenters. The molecule has 0 bridgehead atoms. The van der Waals surface area contributed by atoms with E-state index in [0.29, 0.717) is 11.5 Å². The number of nitrogens with zero attached hydrogens (tertiary/aromatic N) is 5. The van der Waals surface area contributed by atoms with E-state index in [1.807, 2.05) is 4.90 Å². The summed E-state index contributed by atoms with van der Waals surface area (Å²) in [6, 6.07) is 5.67. The van der Waals surface area contributed by atoms with Crippen LogP contribution in [0.2, 0.25) is 0 Å². The van der Waals surface area contributed by atoms with Crippen molar-refractivity contribution in [3.8, 4) is 5.69 Å². The van der Waals surface area contributed by atoms with Crippen LogP contribution in [0.4, 0.5) is 11.5 Å². The number of nitro benzene ring substituents is 1. The highest BCUT2D eigenvalue weighted by Gasteiger charge is 2.24. The van der Waals surface area contributed by atoms with Gasteiger partial charge in [0.25, 0.3) is 5.69 Å². The topological polar surface area (TPSA) is 114 Å². The van der Waals surface area contributed by atoms with E-state index in [2.05, 4.69) is 10.2 Å². The molecule has 0 amide bonds. The predicted molar refractivity (Wildman–Crippen MR) is 85.7 cm³/mol. The van der Waals surface area contributed by atoms with Crippen molar-refractivity contribution in [2.75, 3.05) is 18.0 Å². The van der Waals surface area contributed by atoms with Crippen LogP contribution in [-0.2, 0) is 0 Å². The van der Waals surface area contributed by atoms with Gasteiger partial charge in [0.2, 0.25) is 5.69 Å². The number of aromatic carboxylic acids is 1. The van der Waals surface area contributed by atoms with Gasteiger partial charge in [-0.1, -0.05) is 12.8 Å². The van der Waals surface area contributed by atoms with Crippen molar-refractivity contribution in [2.24, 2.45) is 0 Å². The van der Waals surface area contributed by atoms with Gasteiger partial charge in [0.05, 0.1) is 10.6 Å². The van der Waals surface area contributed by atoms with Gasteiger partial charge < -0.3 is 10.0 Å². The maximum absolute atomic E-state index is 11.5. The Morgan fingerprint density at radius 3 is 2.25 bits per heavy atom. The molecule has 0 aliphatic carbocycles. The molecule has 1 aromatic carbocycles. The van der Waals surface area contributed by atoms with Crippen molar-refractivity contribution in [3.05, 3.63) is 40.1 Å². The van der Waals surface area contributed by atoms with Gasteiger partial charge in [0, 0.05) is 25.2 Å². The molecule has 1 aliphatic heterocycles. The molecule has 1 N–H and O–H groups in total. The first kappa shape index (κ1) is 15.9. The molecule has 1 aromatic heterocycles. The molecule has 0 saturated carbocycles. The number of anilines is 1. The van der Waals surface area contributed by atoms with Gasteiger partial charge in [-0.3, -0.25) is 10.1 Å². The van der Waals surface area contributed by atoms with E-state index in [0.717, 1.165) is 38.8 Å². The molecule has 0 unspecified atom stereocenters.